The van der Waals surface area contributed by atoms with Gasteiger partial charge in [-0.05, 0) is 37.0 Å². The molecule has 3 N–H and O–H groups in total. The average Bonchev–Trinajstić information content (AvgIpc) is 2.82. The van der Waals surface area contributed by atoms with E-state index in [0.29, 0.717) is 12.0 Å². The largest absolute Gasteiger partial charge is 0.416 e. The van der Waals surface area contributed by atoms with Crippen LogP contribution in [0.1, 0.15) is 30.4 Å². The number of halogens is 4. The SMILES string of the molecule is Cl.NC1CCC(C(=O)NCc2cccc(C(F)(F)F)c2)C1. The smallest absolute Gasteiger partial charge is 0.352 e. The zero-order valence-corrected chi connectivity index (χ0v) is 12.1. The summed E-state index contributed by atoms with van der Waals surface area (Å²) in [6.07, 6.45) is -2.15. The van der Waals surface area contributed by atoms with Crippen molar-refractivity contribution in [3.05, 3.63) is 35.4 Å². The molecule has 1 aliphatic rings. The Hall–Kier alpha value is -1.27. The van der Waals surface area contributed by atoms with Gasteiger partial charge in [0, 0.05) is 18.5 Å². The highest BCUT2D eigenvalue weighted by atomic mass is 35.5. The topological polar surface area (TPSA) is 55.1 Å². The number of alkyl halides is 3. The van der Waals surface area contributed by atoms with Gasteiger partial charge in [-0.25, -0.2) is 0 Å². The molecule has 0 radical (unpaired) electrons. The average molecular weight is 323 g/mol. The highest BCUT2D eigenvalue weighted by Crippen LogP contribution is 2.29. The lowest BCUT2D eigenvalue weighted by atomic mass is 10.1. The van der Waals surface area contributed by atoms with E-state index in [4.69, 9.17) is 5.73 Å². The highest BCUT2D eigenvalue weighted by molar-refractivity contribution is 5.85. The third-order valence-electron chi connectivity index (χ3n) is 3.57. The molecule has 3 nitrogen and oxygen atoms in total. The zero-order chi connectivity index (χ0) is 14.8. The lowest BCUT2D eigenvalue weighted by molar-refractivity contribution is -0.137. The Morgan fingerprint density at radius 3 is 2.62 bits per heavy atom. The van der Waals surface area contributed by atoms with Gasteiger partial charge < -0.3 is 11.1 Å². The normalized spacial score (nSPS) is 21.7. The summed E-state index contributed by atoms with van der Waals surface area (Å²) in [5.74, 6) is -0.244. The molecule has 1 aliphatic carbocycles. The van der Waals surface area contributed by atoms with Crippen molar-refractivity contribution in [3.63, 3.8) is 0 Å². The van der Waals surface area contributed by atoms with E-state index in [2.05, 4.69) is 5.32 Å². The number of hydrogen-bond donors (Lipinski definition) is 2. The molecule has 1 aromatic carbocycles. The Morgan fingerprint density at radius 1 is 1.33 bits per heavy atom. The minimum absolute atomic E-state index is 0. The predicted molar refractivity (Wildman–Crippen MR) is 75.9 cm³/mol. The number of hydrogen-bond acceptors (Lipinski definition) is 2. The van der Waals surface area contributed by atoms with Crippen LogP contribution < -0.4 is 11.1 Å². The van der Waals surface area contributed by atoms with Crippen LogP contribution in [0, 0.1) is 5.92 Å². The fourth-order valence-electron chi connectivity index (χ4n) is 2.45. The maximum Gasteiger partial charge on any atom is 0.416 e. The van der Waals surface area contributed by atoms with E-state index in [1.54, 1.807) is 6.07 Å². The number of carbonyl (C=O) groups is 1. The van der Waals surface area contributed by atoms with Gasteiger partial charge in [-0.3, -0.25) is 4.79 Å². The molecule has 1 aromatic rings. The molecule has 1 saturated carbocycles. The summed E-state index contributed by atoms with van der Waals surface area (Å²) < 4.78 is 37.7. The van der Waals surface area contributed by atoms with Crippen molar-refractivity contribution in [2.24, 2.45) is 11.7 Å². The number of carbonyl (C=O) groups excluding carboxylic acids is 1. The summed E-state index contributed by atoms with van der Waals surface area (Å²) >= 11 is 0. The number of nitrogens with one attached hydrogen (secondary N) is 1. The zero-order valence-electron chi connectivity index (χ0n) is 11.3. The number of benzene rings is 1. The van der Waals surface area contributed by atoms with Gasteiger partial charge in [-0.15, -0.1) is 12.4 Å². The van der Waals surface area contributed by atoms with Crippen molar-refractivity contribution in [1.29, 1.82) is 0 Å². The van der Waals surface area contributed by atoms with Crippen LogP contribution in [0.25, 0.3) is 0 Å². The second kappa shape index (κ2) is 7.13. The first-order chi connectivity index (χ1) is 9.36. The summed E-state index contributed by atoms with van der Waals surface area (Å²) in [7, 11) is 0. The van der Waals surface area contributed by atoms with E-state index < -0.39 is 11.7 Å². The first-order valence-corrected chi connectivity index (χ1v) is 6.55. The molecule has 2 rings (SSSR count). The predicted octanol–water partition coefficient (Wildman–Crippen LogP) is 2.87. The molecule has 7 heteroatoms. The molecule has 0 heterocycles. The number of amides is 1. The lowest BCUT2D eigenvalue weighted by Gasteiger charge is -2.12. The van der Waals surface area contributed by atoms with Gasteiger partial charge in [0.25, 0.3) is 0 Å². The summed E-state index contributed by atoms with van der Waals surface area (Å²) in [4.78, 5) is 11.9. The van der Waals surface area contributed by atoms with Crippen molar-refractivity contribution in [2.45, 2.75) is 38.0 Å². The molecule has 0 aromatic heterocycles. The monoisotopic (exact) mass is 322 g/mol. The molecular weight excluding hydrogens is 305 g/mol. The van der Waals surface area contributed by atoms with Crippen LogP contribution in [0.5, 0.6) is 0 Å². The van der Waals surface area contributed by atoms with E-state index in [9.17, 15) is 18.0 Å². The third kappa shape index (κ3) is 4.89. The molecule has 1 fully saturated rings. The summed E-state index contributed by atoms with van der Waals surface area (Å²) in [6, 6.07) is 5.03. The molecule has 2 atom stereocenters. The summed E-state index contributed by atoms with van der Waals surface area (Å²) in [5, 5.41) is 2.68. The van der Waals surface area contributed by atoms with Crippen LogP contribution >= 0.6 is 12.4 Å². The van der Waals surface area contributed by atoms with Gasteiger partial charge >= 0.3 is 6.18 Å². The Labute approximate surface area is 127 Å². The third-order valence-corrected chi connectivity index (χ3v) is 3.57. The Balaban J connectivity index is 0.00000220. The Bertz CT molecular complexity index is 493. The van der Waals surface area contributed by atoms with E-state index in [0.717, 1.165) is 25.0 Å². The molecule has 0 saturated heterocycles. The quantitative estimate of drug-likeness (QED) is 0.899. The summed E-state index contributed by atoms with van der Waals surface area (Å²) in [5.41, 5.74) is 5.47. The molecule has 0 aliphatic heterocycles. The number of rotatable bonds is 3. The summed E-state index contributed by atoms with van der Waals surface area (Å²) in [6.45, 7) is 0.106. The molecule has 2 unspecified atom stereocenters. The van der Waals surface area contributed by atoms with E-state index >= 15 is 0 Å². The minimum atomic E-state index is -4.36. The van der Waals surface area contributed by atoms with Gasteiger partial charge in [-0.1, -0.05) is 12.1 Å². The van der Waals surface area contributed by atoms with Crippen molar-refractivity contribution >= 4 is 18.3 Å². The standard InChI is InChI=1S/C14H17F3N2O.ClH/c15-14(16,17)11-3-1-2-9(6-11)8-19-13(20)10-4-5-12(18)7-10;/h1-3,6,10,12H,4-5,7-8,18H2,(H,19,20);1H. The highest BCUT2D eigenvalue weighted by Gasteiger charge is 2.30. The van der Waals surface area contributed by atoms with Crippen molar-refractivity contribution < 1.29 is 18.0 Å². The number of nitrogens with two attached hydrogens (primary N) is 1. The van der Waals surface area contributed by atoms with Gasteiger partial charge in [0.2, 0.25) is 5.91 Å². The molecule has 1 amide bonds. The Morgan fingerprint density at radius 2 is 2.05 bits per heavy atom. The van der Waals surface area contributed by atoms with Crippen LogP contribution in [0.3, 0.4) is 0 Å². The van der Waals surface area contributed by atoms with Crippen molar-refractivity contribution in [2.75, 3.05) is 0 Å². The van der Waals surface area contributed by atoms with Gasteiger partial charge in [0.15, 0.2) is 0 Å². The second-order valence-electron chi connectivity index (χ2n) is 5.19. The molecule has 118 valence electrons. The fraction of sp³-hybridized carbons (Fsp3) is 0.500. The van der Waals surface area contributed by atoms with E-state index in [1.165, 1.54) is 6.07 Å². The molecular formula is C14H18ClF3N2O. The van der Waals surface area contributed by atoms with Crippen LogP contribution in [0.4, 0.5) is 13.2 Å². The molecule has 0 spiro atoms. The first-order valence-electron chi connectivity index (χ1n) is 6.55. The maximum atomic E-state index is 12.6. The molecule has 21 heavy (non-hydrogen) atoms. The van der Waals surface area contributed by atoms with Crippen LogP contribution in [0.2, 0.25) is 0 Å². The van der Waals surface area contributed by atoms with Crippen LogP contribution in [-0.4, -0.2) is 11.9 Å². The van der Waals surface area contributed by atoms with Crippen LogP contribution in [0.15, 0.2) is 24.3 Å². The fourth-order valence-corrected chi connectivity index (χ4v) is 2.45. The van der Waals surface area contributed by atoms with Gasteiger partial charge in [0.1, 0.15) is 0 Å². The van der Waals surface area contributed by atoms with Gasteiger partial charge in [0.05, 0.1) is 5.56 Å². The Kier molecular flexibility index (Phi) is 6.04. The van der Waals surface area contributed by atoms with E-state index in [-0.39, 0.29) is 36.8 Å². The lowest BCUT2D eigenvalue weighted by Crippen LogP contribution is -2.30. The molecule has 0 bridgehead atoms. The second-order valence-corrected chi connectivity index (χ2v) is 5.19. The minimum Gasteiger partial charge on any atom is -0.352 e. The maximum absolute atomic E-state index is 12.6. The first kappa shape index (κ1) is 17.8. The van der Waals surface area contributed by atoms with Crippen molar-refractivity contribution in [1.82, 2.24) is 5.32 Å². The van der Waals surface area contributed by atoms with Crippen LogP contribution in [-0.2, 0) is 17.5 Å². The van der Waals surface area contributed by atoms with Gasteiger partial charge in [-0.2, -0.15) is 13.2 Å². The van der Waals surface area contributed by atoms with Crippen molar-refractivity contribution in [3.8, 4) is 0 Å². The van der Waals surface area contributed by atoms with E-state index in [1.807, 2.05) is 0 Å².